The van der Waals surface area contributed by atoms with E-state index in [0.717, 1.165) is 0 Å². The van der Waals surface area contributed by atoms with Gasteiger partial charge in [-0.2, -0.15) is 0 Å². The first-order valence-electron chi connectivity index (χ1n) is 8.56. The number of nitrogens with one attached hydrogen (secondary N) is 2. The summed E-state index contributed by atoms with van der Waals surface area (Å²) in [5.41, 5.74) is 1.66. The molecule has 1 rings (SSSR count). The predicted molar refractivity (Wildman–Crippen MR) is 96.7 cm³/mol. The van der Waals surface area contributed by atoms with Crippen molar-refractivity contribution < 1.29 is 33.9 Å². The van der Waals surface area contributed by atoms with Crippen molar-refractivity contribution >= 4 is 17.5 Å². The summed E-state index contributed by atoms with van der Waals surface area (Å²) in [6.07, 6.45) is 0.130. The zero-order valence-electron chi connectivity index (χ0n) is 15.8. The molecule has 2 amide bonds. The van der Waals surface area contributed by atoms with Gasteiger partial charge < -0.3 is 19.5 Å². The van der Waals surface area contributed by atoms with Crippen LogP contribution in [0.5, 0.6) is 0 Å². The molecular weight excluding hydrogens is 374 g/mol. The Bertz CT molecular complexity index is 638. The minimum Gasteiger partial charge on any atom is -0.384 e. The quantitative estimate of drug-likeness (QED) is 0.145. The average Bonchev–Trinajstić information content (AvgIpc) is 2.70. The first-order chi connectivity index (χ1) is 13.4. The maximum Gasteiger partial charge on any atom is 0.269 e. The van der Waals surface area contributed by atoms with Crippen molar-refractivity contribution in [2.45, 2.75) is 19.4 Å². The normalized spacial score (nSPS) is 12.8. The summed E-state index contributed by atoms with van der Waals surface area (Å²) in [6.45, 7) is 2.36. The number of carbonyl (C=O) groups is 2. The molecule has 0 fully saturated rings. The largest absolute Gasteiger partial charge is 0.384 e. The molecule has 11 nitrogen and oxygen atoms in total. The zero-order chi connectivity index (χ0) is 20.9. The van der Waals surface area contributed by atoms with Crippen LogP contribution in [0.25, 0.3) is 0 Å². The van der Waals surface area contributed by atoms with Crippen LogP contribution in [0.1, 0.15) is 23.7 Å². The monoisotopic (exact) mass is 399 g/mol. The van der Waals surface area contributed by atoms with Crippen LogP contribution in [0.15, 0.2) is 24.3 Å². The molecule has 28 heavy (non-hydrogen) atoms. The summed E-state index contributed by atoms with van der Waals surface area (Å²) in [7, 11) is 1.41. The van der Waals surface area contributed by atoms with Gasteiger partial charge in [0.2, 0.25) is 5.91 Å². The molecule has 0 unspecified atom stereocenters. The third kappa shape index (κ3) is 7.96. The minimum atomic E-state index is -0.729. The van der Waals surface area contributed by atoms with Crippen LogP contribution in [0, 0.1) is 16.0 Å². The number of hydroxylamine groups is 1. The van der Waals surface area contributed by atoms with Gasteiger partial charge in [-0.3, -0.25) is 24.9 Å². The van der Waals surface area contributed by atoms with Gasteiger partial charge in [-0.25, -0.2) is 5.48 Å². The molecule has 0 bridgehead atoms. The molecule has 2 atom stereocenters. The summed E-state index contributed by atoms with van der Waals surface area (Å²) < 4.78 is 15.4. The number of nitro groups is 1. The number of ether oxygens (including phenoxy) is 3. The molecule has 0 aromatic heterocycles. The lowest BCUT2D eigenvalue weighted by molar-refractivity contribution is -0.384. The minimum absolute atomic E-state index is 0.0154. The van der Waals surface area contributed by atoms with Crippen molar-refractivity contribution in [3.05, 3.63) is 39.9 Å². The van der Waals surface area contributed by atoms with E-state index in [4.69, 9.17) is 19.4 Å². The molecule has 11 heteroatoms. The fourth-order valence-electron chi connectivity index (χ4n) is 2.39. The van der Waals surface area contributed by atoms with Gasteiger partial charge in [0.1, 0.15) is 6.79 Å². The topological polar surface area (TPSA) is 149 Å². The van der Waals surface area contributed by atoms with Gasteiger partial charge in [-0.15, -0.1) is 0 Å². The number of nitrogens with zero attached hydrogens (tertiary/aromatic N) is 1. The number of non-ortho nitro benzene ring substituents is 1. The van der Waals surface area contributed by atoms with Crippen LogP contribution < -0.4 is 10.8 Å². The molecule has 0 spiro atoms. The number of hydrogen-bond acceptors (Lipinski definition) is 8. The van der Waals surface area contributed by atoms with E-state index in [9.17, 15) is 19.7 Å². The molecule has 0 saturated heterocycles. The van der Waals surface area contributed by atoms with E-state index in [1.54, 1.807) is 12.4 Å². The van der Waals surface area contributed by atoms with E-state index in [1.165, 1.54) is 31.4 Å². The van der Waals surface area contributed by atoms with Crippen molar-refractivity contribution in [1.82, 2.24) is 10.8 Å². The van der Waals surface area contributed by atoms with E-state index in [0.29, 0.717) is 6.61 Å². The molecular formula is C17H25N3O8. The Morgan fingerprint density at radius 1 is 1.21 bits per heavy atom. The molecule has 1 aromatic carbocycles. The number of rotatable bonds is 13. The summed E-state index contributed by atoms with van der Waals surface area (Å²) >= 11 is 0. The third-order valence-corrected chi connectivity index (χ3v) is 3.78. The smallest absolute Gasteiger partial charge is 0.269 e. The van der Waals surface area contributed by atoms with Crippen molar-refractivity contribution in [1.29, 1.82) is 0 Å². The zero-order valence-corrected chi connectivity index (χ0v) is 15.8. The third-order valence-electron chi connectivity index (χ3n) is 3.78. The lowest BCUT2D eigenvalue weighted by Gasteiger charge is -2.23. The highest BCUT2D eigenvalue weighted by molar-refractivity contribution is 5.94. The van der Waals surface area contributed by atoms with Crippen molar-refractivity contribution in [2.24, 2.45) is 5.92 Å². The molecule has 0 saturated carbocycles. The second kappa shape index (κ2) is 12.7. The Kier molecular flexibility index (Phi) is 10.7. The molecule has 0 aliphatic carbocycles. The fourth-order valence-corrected chi connectivity index (χ4v) is 2.39. The number of amides is 2. The highest BCUT2D eigenvalue weighted by Crippen LogP contribution is 2.13. The van der Waals surface area contributed by atoms with Crippen LogP contribution in [0.3, 0.4) is 0 Å². The molecule has 3 N–H and O–H groups in total. The van der Waals surface area contributed by atoms with Crippen LogP contribution in [0.4, 0.5) is 5.69 Å². The second-order valence-electron chi connectivity index (χ2n) is 5.82. The summed E-state index contributed by atoms with van der Waals surface area (Å²) in [5.74, 6) is -1.87. The van der Waals surface area contributed by atoms with Crippen LogP contribution in [0.2, 0.25) is 0 Å². The Hall–Kier alpha value is -2.60. The number of nitro benzene ring substituents is 1. The van der Waals surface area contributed by atoms with Crippen LogP contribution in [-0.2, 0) is 19.0 Å². The van der Waals surface area contributed by atoms with Gasteiger partial charge in [0.25, 0.3) is 11.6 Å². The maximum absolute atomic E-state index is 12.5. The molecule has 156 valence electrons. The Morgan fingerprint density at radius 2 is 1.89 bits per heavy atom. The Morgan fingerprint density at radius 3 is 2.43 bits per heavy atom. The first-order valence-corrected chi connectivity index (χ1v) is 8.56. The first kappa shape index (κ1) is 23.4. The molecule has 0 radical (unpaired) electrons. The SMILES string of the molecule is CCOCOC[C@H](C[C@H](COC)C(=O)NO)NC(=O)c1ccc([N+](=O)[O-])cc1. The van der Waals surface area contributed by atoms with E-state index < -0.39 is 28.7 Å². The lowest BCUT2D eigenvalue weighted by Crippen LogP contribution is -2.43. The van der Waals surface area contributed by atoms with E-state index >= 15 is 0 Å². The maximum atomic E-state index is 12.5. The predicted octanol–water partition coefficient (Wildman–Crippen LogP) is 0.862. The van der Waals surface area contributed by atoms with Crippen LogP contribution in [-0.4, -0.2) is 61.7 Å². The van der Waals surface area contributed by atoms with Gasteiger partial charge in [-0.1, -0.05) is 0 Å². The average molecular weight is 399 g/mol. The molecule has 1 aromatic rings. The van der Waals surface area contributed by atoms with Crippen molar-refractivity contribution in [2.75, 3.05) is 33.7 Å². The lowest BCUT2D eigenvalue weighted by atomic mass is 10.00. The Balaban J connectivity index is 2.82. The molecule has 0 aliphatic rings. The molecule has 0 heterocycles. The fraction of sp³-hybridized carbons (Fsp3) is 0.529. The van der Waals surface area contributed by atoms with Crippen LogP contribution >= 0.6 is 0 Å². The van der Waals surface area contributed by atoms with E-state index in [2.05, 4.69) is 5.32 Å². The number of carbonyl (C=O) groups excluding carboxylic acids is 2. The van der Waals surface area contributed by atoms with Gasteiger partial charge in [-0.05, 0) is 25.5 Å². The number of methoxy groups -OCH3 is 1. The number of benzene rings is 1. The van der Waals surface area contributed by atoms with Crippen molar-refractivity contribution in [3.8, 4) is 0 Å². The molecule has 0 aliphatic heterocycles. The summed E-state index contributed by atoms with van der Waals surface area (Å²) in [6, 6.07) is 4.52. The van der Waals surface area contributed by atoms with Gasteiger partial charge in [0.05, 0.1) is 30.1 Å². The van der Waals surface area contributed by atoms with Gasteiger partial charge >= 0.3 is 0 Å². The summed E-state index contributed by atoms with van der Waals surface area (Å²) in [4.78, 5) is 34.4. The van der Waals surface area contributed by atoms with Crippen molar-refractivity contribution in [3.63, 3.8) is 0 Å². The van der Waals surface area contributed by atoms with E-state index in [-0.39, 0.29) is 37.7 Å². The van der Waals surface area contributed by atoms with Gasteiger partial charge in [0.15, 0.2) is 0 Å². The summed E-state index contributed by atoms with van der Waals surface area (Å²) in [5, 5.41) is 22.3. The standard InChI is InChI=1S/C17H25N3O8/c1-3-27-11-28-10-14(8-13(9-26-2)17(22)19-23)18-16(21)12-4-6-15(7-5-12)20(24)25/h4-7,13-14,23H,3,8-11H2,1-2H3,(H,18,21)(H,19,22)/t13-,14+/m1/s1. The number of hydrogen-bond donors (Lipinski definition) is 3. The van der Waals surface area contributed by atoms with E-state index in [1.807, 2.05) is 0 Å². The Labute approximate surface area is 162 Å². The van der Waals surface area contributed by atoms with Gasteiger partial charge in [0, 0.05) is 31.4 Å². The second-order valence-corrected chi connectivity index (χ2v) is 5.82. The highest BCUT2D eigenvalue weighted by Gasteiger charge is 2.25. The highest BCUT2D eigenvalue weighted by atomic mass is 16.7.